The van der Waals surface area contributed by atoms with Crippen LogP contribution in [0.25, 0.3) is 51.8 Å². The summed E-state index contributed by atoms with van der Waals surface area (Å²) in [7, 11) is 0. The molecule has 34 heavy (non-hydrogen) atoms. The second-order valence-electron chi connectivity index (χ2n) is 7.75. The van der Waals surface area contributed by atoms with Crippen LogP contribution >= 0.6 is 0 Å². The van der Waals surface area contributed by atoms with Crippen molar-refractivity contribution in [3.05, 3.63) is 108 Å². The van der Waals surface area contributed by atoms with E-state index in [9.17, 15) is 9.65 Å². The molecule has 0 saturated carbocycles. The highest BCUT2D eigenvalue weighted by Gasteiger charge is 2.25. The van der Waals surface area contributed by atoms with Gasteiger partial charge < -0.3 is 0 Å². The molecule has 0 atom stereocenters. The van der Waals surface area contributed by atoms with E-state index in [2.05, 4.69) is 17.1 Å². The summed E-state index contributed by atoms with van der Waals surface area (Å²) in [6.45, 7) is 0. The van der Waals surface area contributed by atoms with Crippen molar-refractivity contribution >= 4 is 23.1 Å². The van der Waals surface area contributed by atoms with Crippen molar-refractivity contribution < 1.29 is 4.39 Å². The molecule has 158 valence electrons. The molecule has 2 heterocycles. The average molecular weight is 440 g/mol. The van der Waals surface area contributed by atoms with E-state index in [1.807, 2.05) is 77.4 Å². The maximum atomic E-state index is 14.0. The summed E-state index contributed by atoms with van der Waals surface area (Å²) >= 11 is 0. The summed E-state index contributed by atoms with van der Waals surface area (Å²) in [6, 6.07) is 23.8. The number of halogens is 1. The number of allylic oxidation sites excluding steroid dienone is 2. The number of rotatable bonds is 3. The molecule has 3 aromatic carbocycles. The minimum atomic E-state index is -0.581. The van der Waals surface area contributed by atoms with Crippen LogP contribution < -0.4 is 0 Å². The molecule has 0 radical (unpaired) electrons. The fourth-order valence-corrected chi connectivity index (χ4v) is 4.13. The zero-order valence-electron chi connectivity index (χ0n) is 17.8. The Hall–Kier alpha value is -4.98. The summed E-state index contributed by atoms with van der Waals surface area (Å²) in [5.41, 5.74) is 4.22. The van der Waals surface area contributed by atoms with E-state index in [4.69, 9.17) is 9.97 Å². The van der Waals surface area contributed by atoms with E-state index in [0.29, 0.717) is 23.2 Å². The van der Waals surface area contributed by atoms with Crippen molar-refractivity contribution in [2.75, 3.05) is 0 Å². The Morgan fingerprint density at radius 2 is 1.62 bits per heavy atom. The average Bonchev–Trinajstić information content (AvgIpc) is 3.24. The van der Waals surface area contributed by atoms with Crippen LogP contribution in [0.4, 0.5) is 4.39 Å². The van der Waals surface area contributed by atoms with Crippen LogP contribution in [0.3, 0.4) is 0 Å². The summed E-state index contributed by atoms with van der Waals surface area (Å²) in [4.78, 5) is 14.3. The Balaban J connectivity index is 1.66. The summed E-state index contributed by atoms with van der Waals surface area (Å²) in [5.74, 6) is 0.692. The third-order valence-corrected chi connectivity index (χ3v) is 5.72. The maximum Gasteiger partial charge on any atom is 0.240 e. The zero-order chi connectivity index (χ0) is 23.1. The SMILES string of the molecule is N#Cc1cc(-c2nc(-c3ccccc3)nc(-n3c4c(c5ccccc53)C=[C+]C=C4)n2)ccc1F. The van der Waals surface area contributed by atoms with Gasteiger partial charge >= 0.3 is 0 Å². The molecule has 1 aliphatic rings. The number of aromatic nitrogens is 4. The molecule has 1 aliphatic carbocycles. The van der Waals surface area contributed by atoms with E-state index in [1.54, 1.807) is 6.07 Å². The van der Waals surface area contributed by atoms with Gasteiger partial charge in [0, 0.05) is 17.2 Å². The molecule has 5 nitrogen and oxygen atoms in total. The molecule has 0 bridgehead atoms. The lowest BCUT2D eigenvalue weighted by Gasteiger charge is -2.10. The Morgan fingerprint density at radius 1 is 0.853 bits per heavy atom. The highest BCUT2D eigenvalue weighted by Crippen LogP contribution is 2.33. The molecule has 6 rings (SSSR count). The van der Waals surface area contributed by atoms with E-state index >= 15 is 0 Å². The van der Waals surface area contributed by atoms with E-state index in [-0.39, 0.29) is 5.56 Å². The van der Waals surface area contributed by atoms with Crippen molar-refractivity contribution in [2.45, 2.75) is 0 Å². The fraction of sp³-hybridized carbons (Fsp3) is 0. The van der Waals surface area contributed by atoms with Crippen molar-refractivity contribution in [3.8, 4) is 34.8 Å². The third-order valence-electron chi connectivity index (χ3n) is 5.72. The number of fused-ring (bicyclic) bond motifs is 3. The largest absolute Gasteiger partial charge is 0.253 e. The number of nitrogens with zero attached hydrogens (tertiary/aromatic N) is 5. The third kappa shape index (κ3) is 3.17. The topological polar surface area (TPSA) is 67.4 Å². The molecule has 5 aromatic rings. The lowest BCUT2D eigenvalue weighted by atomic mass is 10.1. The van der Waals surface area contributed by atoms with Crippen LogP contribution in [0.2, 0.25) is 0 Å². The van der Waals surface area contributed by atoms with Gasteiger partial charge in [0.1, 0.15) is 29.6 Å². The van der Waals surface area contributed by atoms with Crippen LogP contribution in [0.5, 0.6) is 0 Å². The monoisotopic (exact) mass is 440 g/mol. The minimum absolute atomic E-state index is 0.0619. The smallest absolute Gasteiger partial charge is 0.240 e. The van der Waals surface area contributed by atoms with E-state index < -0.39 is 5.82 Å². The standard InChI is InChI=1S/C28H15FN5/c29-23-15-14-19(16-20(23)17-30)27-31-26(18-8-2-1-3-9-18)32-28(33-27)34-24-12-6-4-10-21(24)22-11-5-7-13-25(22)34/h1-4,6-16H/q+1. The molecule has 0 spiro atoms. The van der Waals surface area contributed by atoms with Crippen LogP contribution in [-0.2, 0) is 0 Å². The predicted octanol–water partition coefficient (Wildman–Crippen LogP) is 6.00. The van der Waals surface area contributed by atoms with Gasteiger partial charge in [0.2, 0.25) is 5.95 Å². The minimum Gasteiger partial charge on any atom is -0.253 e. The maximum absolute atomic E-state index is 14.0. The summed E-state index contributed by atoms with van der Waals surface area (Å²) < 4.78 is 16.0. The van der Waals surface area contributed by atoms with Gasteiger partial charge in [0.15, 0.2) is 17.3 Å². The number of para-hydroxylation sites is 1. The van der Waals surface area contributed by atoms with Crippen LogP contribution in [0.1, 0.15) is 16.8 Å². The van der Waals surface area contributed by atoms with Gasteiger partial charge in [-0.3, -0.25) is 4.57 Å². The Kier molecular flexibility index (Phi) is 4.55. The summed E-state index contributed by atoms with van der Waals surface area (Å²) in [5, 5.41) is 10.4. The van der Waals surface area contributed by atoms with Crippen molar-refractivity contribution in [1.29, 1.82) is 5.26 Å². The normalized spacial score (nSPS) is 11.8. The number of nitriles is 1. The van der Waals surface area contributed by atoms with Crippen molar-refractivity contribution in [1.82, 2.24) is 19.5 Å². The predicted molar refractivity (Wildman–Crippen MR) is 129 cm³/mol. The Labute approximate surface area is 194 Å². The van der Waals surface area contributed by atoms with Gasteiger partial charge in [-0.2, -0.15) is 15.2 Å². The van der Waals surface area contributed by atoms with Crippen molar-refractivity contribution in [3.63, 3.8) is 0 Å². The first kappa shape index (κ1) is 19.7. The van der Waals surface area contributed by atoms with Crippen LogP contribution in [0.15, 0.2) is 78.9 Å². The lowest BCUT2D eigenvalue weighted by Crippen LogP contribution is -2.08. The summed E-state index contributed by atoms with van der Waals surface area (Å²) in [6.07, 6.45) is 8.94. The zero-order valence-corrected chi connectivity index (χ0v) is 17.8. The van der Waals surface area contributed by atoms with Gasteiger partial charge in [0.25, 0.3) is 0 Å². The molecule has 0 fully saturated rings. The molecular formula is C28H15FN5+. The van der Waals surface area contributed by atoms with E-state index in [0.717, 1.165) is 27.7 Å². The number of hydrogen-bond donors (Lipinski definition) is 0. The van der Waals surface area contributed by atoms with Crippen molar-refractivity contribution in [2.24, 2.45) is 0 Å². The molecule has 0 aliphatic heterocycles. The van der Waals surface area contributed by atoms with Crippen LogP contribution in [0, 0.1) is 23.2 Å². The van der Waals surface area contributed by atoms with Gasteiger partial charge in [-0.1, -0.05) is 42.5 Å². The molecule has 0 unspecified atom stereocenters. The highest BCUT2D eigenvalue weighted by molar-refractivity contribution is 5.96. The first-order valence-corrected chi connectivity index (χ1v) is 10.6. The van der Waals surface area contributed by atoms with Crippen LogP contribution in [-0.4, -0.2) is 19.5 Å². The number of hydrogen-bond acceptors (Lipinski definition) is 4. The van der Waals surface area contributed by atoms with Gasteiger partial charge in [-0.15, -0.1) is 0 Å². The number of benzene rings is 3. The molecular weight excluding hydrogens is 425 g/mol. The van der Waals surface area contributed by atoms with Gasteiger partial charge in [0.05, 0.1) is 22.5 Å². The molecule has 0 amide bonds. The first-order valence-electron chi connectivity index (χ1n) is 10.6. The highest BCUT2D eigenvalue weighted by atomic mass is 19.1. The fourth-order valence-electron chi connectivity index (χ4n) is 4.13. The second-order valence-corrected chi connectivity index (χ2v) is 7.75. The van der Waals surface area contributed by atoms with E-state index in [1.165, 1.54) is 12.1 Å². The first-order chi connectivity index (χ1) is 16.7. The molecule has 6 heteroatoms. The van der Waals surface area contributed by atoms with Gasteiger partial charge in [-0.25, -0.2) is 9.37 Å². The Bertz CT molecular complexity index is 1670. The molecule has 2 aromatic heterocycles. The molecule has 0 N–H and O–H groups in total. The Morgan fingerprint density at radius 3 is 2.44 bits per heavy atom. The second kappa shape index (κ2) is 7.86. The lowest BCUT2D eigenvalue weighted by molar-refractivity contribution is 0.624. The molecule has 0 saturated heterocycles. The van der Waals surface area contributed by atoms with Gasteiger partial charge in [-0.05, 0) is 30.3 Å². The quantitative estimate of drug-likeness (QED) is 0.323.